The van der Waals surface area contributed by atoms with Crippen molar-refractivity contribution in [2.45, 2.75) is 13.5 Å². The van der Waals surface area contributed by atoms with Crippen LogP contribution in [0.4, 0.5) is 0 Å². The average molecular weight is 264 g/mol. The second kappa shape index (κ2) is 4.82. The van der Waals surface area contributed by atoms with Crippen molar-refractivity contribution in [3.63, 3.8) is 0 Å². The van der Waals surface area contributed by atoms with Gasteiger partial charge in [0.15, 0.2) is 0 Å². The molecular formula is C13H14ClN3O. The van der Waals surface area contributed by atoms with Gasteiger partial charge >= 0.3 is 0 Å². The first-order chi connectivity index (χ1) is 8.47. The summed E-state index contributed by atoms with van der Waals surface area (Å²) in [7, 11) is 1.72. The Labute approximate surface area is 110 Å². The lowest BCUT2D eigenvalue weighted by atomic mass is 10.3. The maximum absolute atomic E-state index is 11.7. The molecule has 0 aliphatic rings. The third kappa shape index (κ3) is 2.54. The minimum atomic E-state index is -0.0894. The summed E-state index contributed by atoms with van der Waals surface area (Å²) in [4.78, 5) is 20.8. The molecule has 94 valence electrons. The van der Waals surface area contributed by atoms with Gasteiger partial charge in [-0.3, -0.25) is 4.79 Å². The van der Waals surface area contributed by atoms with Crippen molar-refractivity contribution < 1.29 is 4.79 Å². The van der Waals surface area contributed by atoms with Crippen molar-refractivity contribution in [1.82, 2.24) is 14.9 Å². The summed E-state index contributed by atoms with van der Waals surface area (Å²) < 4.78 is 0. The molecule has 2 aromatic rings. The van der Waals surface area contributed by atoms with Gasteiger partial charge in [-0.05, 0) is 25.1 Å². The minimum Gasteiger partial charge on any atom is -0.340 e. The first kappa shape index (κ1) is 12.6. The van der Waals surface area contributed by atoms with Crippen LogP contribution in [-0.4, -0.2) is 27.8 Å². The fourth-order valence-corrected chi connectivity index (χ4v) is 1.90. The Morgan fingerprint density at radius 3 is 2.94 bits per heavy atom. The molecule has 5 heteroatoms. The summed E-state index contributed by atoms with van der Waals surface area (Å²) in [6.07, 6.45) is 0. The van der Waals surface area contributed by atoms with E-state index in [9.17, 15) is 4.79 Å². The highest BCUT2D eigenvalue weighted by molar-refractivity contribution is 6.31. The minimum absolute atomic E-state index is 0.0894. The van der Waals surface area contributed by atoms with E-state index in [4.69, 9.17) is 11.6 Å². The molecular weight excluding hydrogens is 250 g/mol. The Morgan fingerprint density at radius 1 is 1.56 bits per heavy atom. The highest BCUT2D eigenvalue weighted by Gasteiger charge is 2.12. The molecule has 0 aliphatic heterocycles. The van der Waals surface area contributed by atoms with E-state index in [0.717, 1.165) is 16.9 Å². The van der Waals surface area contributed by atoms with Crippen LogP contribution in [0.1, 0.15) is 12.7 Å². The van der Waals surface area contributed by atoms with Gasteiger partial charge in [0.1, 0.15) is 5.82 Å². The van der Waals surface area contributed by atoms with Crippen LogP contribution in [0.15, 0.2) is 30.4 Å². The van der Waals surface area contributed by atoms with E-state index in [1.165, 1.54) is 0 Å². The van der Waals surface area contributed by atoms with E-state index in [0.29, 0.717) is 17.1 Å². The van der Waals surface area contributed by atoms with Gasteiger partial charge in [-0.25, -0.2) is 4.98 Å². The average Bonchev–Trinajstić information content (AvgIpc) is 2.68. The number of fused-ring (bicyclic) bond motifs is 1. The van der Waals surface area contributed by atoms with Crippen LogP contribution in [0.25, 0.3) is 11.0 Å². The van der Waals surface area contributed by atoms with Crippen molar-refractivity contribution in [1.29, 1.82) is 0 Å². The molecule has 0 spiro atoms. The van der Waals surface area contributed by atoms with Crippen molar-refractivity contribution in [3.05, 3.63) is 41.2 Å². The molecule has 1 amide bonds. The van der Waals surface area contributed by atoms with Crippen LogP contribution in [0.3, 0.4) is 0 Å². The van der Waals surface area contributed by atoms with Gasteiger partial charge in [-0.2, -0.15) is 0 Å². The lowest BCUT2D eigenvalue weighted by Crippen LogP contribution is -2.26. The summed E-state index contributed by atoms with van der Waals surface area (Å²) in [6.45, 7) is 5.74. The Bertz CT molecular complexity index is 618. The number of amides is 1. The van der Waals surface area contributed by atoms with Crippen molar-refractivity contribution in [3.8, 4) is 0 Å². The number of nitrogens with zero attached hydrogens (tertiary/aromatic N) is 2. The quantitative estimate of drug-likeness (QED) is 0.866. The zero-order valence-corrected chi connectivity index (χ0v) is 11.1. The van der Waals surface area contributed by atoms with Gasteiger partial charge in [-0.1, -0.05) is 18.2 Å². The number of benzene rings is 1. The largest absolute Gasteiger partial charge is 0.340 e. The summed E-state index contributed by atoms with van der Waals surface area (Å²) in [5, 5.41) is 0.657. The summed E-state index contributed by atoms with van der Waals surface area (Å²) >= 11 is 5.90. The SMILES string of the molecule is C=C(C)C(=O)N(C)Cc1nc2ccc(Cl)cc2[nH]1. The summed E-state index contributed by atoms with van der Waals surface area (Å²) in [5.74, 6) is 0.637. The fourth-order valence-electron chi connectivity index (χ4n) is 1.73. The van der Waals surface area contributed by atoms with E-state index >= 15 is 0 Å². The summed E-state index contributed by atoms with van der Waals surface area (Å²) in [5.41, 5.74) is 2.22. The number of rotatable bonds is 3. The molecule has 0 saturated heterocycles. The normalized spacial score (nSPS) is 10.6. The molecule has 1 aromatic heterocycles. The predicted octanol–water partition coefficient (Wildman–Crippen LogP) is 2.75. The number of hydrogen-bond donors (Lipinski definition) is 1. The molecule has 2 rings (SSSR count). The predicted molar refractivity (Wildman–Crippen MR) is 72.4 cm³/mol. The van der Waals surface area contributed by atoms with E-state index in [1.807, 2.05) is 12.1 Å². The van der Waals surface area contributed by atoms with Gasteiger partial charge in [0.2, 0.25) is 5.91 Å². The van der Waals surface area contributed by atoms with Gasteiger partial charge in [0.25, 0.3) is 0 Å². The molecule has 1 N–H and O–H groups in total. The van der Waals surface area contributed by atoms with Crippen LogP contribution in [-0.2, 0) is 11.3 Å². The number of carbonyl (C=O) groups excluding carboxylic acids is 1. The Kier molecular flexibility index (Phi) is 3.39. The Hall–Kier alpha value is -1.81. The number of carbonyl (C=O) groups is 1. The number of H-pyrrole nitrogens is 1. The molecule has 0 unspecified atom stereocenters. The van der Waals surface area contributed by atoms with Crippen LogP contribution in [0, 0.1) is 0 Å². The first-order valence-corrected chi connectivity index (χ1v) is 5.90. The van der Waals surface area contributed by atoms with Gasteiger partial charge in [0, 0.05) is 17.6 Å². The lowest BCUT2D eigenvalue weighted by Gasteiger charge is -2.15. The second-order valence-corrected chi connectivity index (χ2v) is 4.72. The molecule has 0 aliphatic carbocycles. The third-order valence-electron chi connectivity index (χ3n) is 2.59. The smallest absolute Gasteiger partial charge is 0.249 e. The fraction of sp³-hybridized carbons (Fsp3) is 0.231. The number of hydrogen-bond acceptors (Lipinski definition) is 2. The van der Waals surface area contributed by atoms with Gasteiger partial charge < -0.3 is 9.88 Å². The number of aromatic nitrogens is 2. The molecule has 0 saturated carbocycles. The molecule has 0 atom stereocenters. The maximum atomic E-state index is 11.7. The molecule has 1 heterocycles. The number of likely N-dealkylation sites (N-methyl/N-ethyl adjacent to an activating group) is 1. The highest BCUT2D eigenvalue weighted by atomic mass is 35.5. The zero-order chi connectivity index (χ0) is 13.3. The van der Waals surface area contributed by atoms with Crippen LogP contribution in [0.2, 0.25) is 5.02 Å². The zero-order valence-electron chi connectivity index (χ0n) is 10.3. The lowest BCUT2D eigenvalue weighted by molar-refractivity contribution is -0.126. The Morgan fingerprint density at radius 2 is 2.28 bits per heavy atom. The van der Waals surface area contributed by atoms with Gasteiger partial charge in [-0.15, -0.1) is 0 Å². The Balaban J connectivity index is 2.22. The van der Waals surface area contributed by atoms with Crippen molar-refractivity contribution in [2.24, 2.45) is 0 Å². The van der Waals surface area contributed by atoms with Crippen LogP contribution in [0.5, 0.6) is 0 Å². The summed E-state index contributed by atoms with van der Waals surface area (Å²) in [6, 6.07) is 5.45. The first-order valence-electron chi connectivity index (χ1n) is 5.52. The van der Waals surface area contributed by atoms with Crippen LogP contribution >= 0.6 is 11.6 Å². The monoisotopic (exact) mass is 263 g/mol. The molecule has 4 nitrogen and oxygen atoms in total. The number of aromatic amines is 1. The standard InChI is InChI=1S/C13H14ClN3O/c1-8(2)13(18)17(3)7-12-15-10-5-4-9(14)6-11(10)16-12/h4-6H,1,7H2,2-3H3,(H,15,16). The van der Waals surface area contributed by atoms with Crippen molar-refractivity contribution >= 4 is 28.5 Å². The van der Waals surface area contributed by atoms with E-state index < -0.39 is 0 Å². The number of halogens is 1. The second-order valence-electron chi connectivity index (χ2n) is 4.29. The molecule has 0 fully saturated rings. The third-order valence-corrected chi connectivity index (χ3v) is 2.83. The van der Waals surface area contributed by atoms with Crippen molar-refractivity contribution in [2.75, 3.05) is 7.05 Å². The molecule has 0 bridgehead atoms. The van der Waals surface area contributed by atoms with Crippen LogP contribution < -0.4 is 0 Å². The van der Waals surface area contributed by atoms with E-state index in [-0.39, 0.29) is 5.91 Å². The number of imidazole rings is 1. The topological polar surface area (TPSA) is 49.0 Å². The maximum Gasteiger partial charge on any atom is 0.249 e. The van der Waals surface area contributed by atoms with E-state index in [1.54, 1.807) is 24.9 Å². The van der Waals surface area contributed by atoms with E-state index in [2.05, 4.69) is 16.5 Å². The highest BCUT2D eigenvalue weighted by Crippen LogP contribution is 2.17. The molecule has 1 aromatic carbocycles. The molecule has 18 heavy (non-hydrogen) atoms. The number of nitrogens with one attached hydrogen (secondary N) is 1. The molecule has 0 radical (unpaired) electrons. The van der Waals surface area contributed by atoms with Gasteiger partial charge in [0.05, 0.1) is 17.6 Å².